The molecule has 0 bridgehead atoms. The first-order chi connectivity index (χ1) is 9.99. The van der Waals surface area contributed by atoms with Crippen LogP contribution in [-0.2, 0) is 9.53 Å². The maximum atomic E-state index is 11.6. The van der Waals surface area contributed by atoms with Gasteiger partial charge in [0.2, 0.25) is 0 Å². The SMILES string of the molecule is CCN(CCOC)C(C(=O)O)c1ccc(OC(C)C)cc1. The normalized spacial score (nSPS) is 12.7. The molecule has 21 heavy (non-hydrogen) atoms. The Morgan fingerprint density at radius 2 is 1.90 bits per heavy atom. The number of aliphatic carboxylic acids is 1. The van der Waals surface area contributed by atoms with Gasteiger partial charge in [0.25, 0.3) is 0 Å². The molecule has 1 atom stereocenters. The highest BCUT2D eigenvalue weighted by Gasteiger charge is 2.26. The van der Waals surface area contributed by atoms with Crippen LogP contribution in [0.5, 0.6) is 5.75 Å². The fourth-order valence-corrected chi connectivity index (χ4v) is 2.19. The minimum atomic E-state index is -0.856. The predicted octanol–water partition coefficient (Wildman–Crippen LogP) is 2.57. The van der Waals surface area contributed by atoms with Crippen LogP contribution in [0.15, 0.2) is 24.3 Å². The minimum absolute atomic E-state index is 0.0972. The first-order valence-electron chi connectivity index (χ1n) is 7.22. The summed E-state index contributed by atoms with van der Waals surface area (Å²) in [6.07, 6.45) is 0.0972. The molecular weight excluding hydrogens is 270 g/mol. The van der Waals surface area contributed by atoms with Crippen molar-refractivity contribution in [1.29, 1.82) is 0 Å². The number of benzene rings is 1. The monoisotopic (exact) mass is 295 g/mol. The quantitative estimate of drug-likeness (QED) is 0.758. The second-order valence-electron chi connectivity index (χ2n) is 5.10. The average molecular weight is 295 g/mol. The summed E-state index contributed by atoms with van der Waals surface area (Å²) in [4.78, 5) is 13.5. The number of methoxy groups -OCH3 is 1. The topological polar surface area (TPSA) is 59.0 Å². The van der Waals surface area contributed by atoms with Gasteiger partial charge in [-0.1, -0.05) is 19.1 Å². The van der Waals surface area contributed by atoms with Crippen molar-refractivity contribution >= 4 is 5.97 Å². The van der Waals surface area contributed by atoms with Crippen molar-refractivity contribution in [2.75, 3.05) is 26.8 Å². The van der Waals surface area contributed by atoms with Crippen molar-refractivity contribution in [3.8, 4) is 5.75 Å². The van der Waals surface area contributed by atoms with Crippen molar-refractivity contribution in [3.05, 3.63) is 29.8 Å². The molecule has 0 aliphatic carbocycles. The van der Waals surface area contributed by atoms with Crippen LogP contribution in [0.4, 0.5) is 0 Å². The van der Waals surface area contributed by atoms with Gasteiger partial charge in [0.15, 0.2) is 0 Å². The third kappa shape index (κ3) is 5.36. The number of carboxylic acid groups (broad SMARTS) is 1. The van der Waals surface area contributed by atoms with Gasteiger partial charge in [-0.25, -0.2) is 0 Å². The Morgan fingerprint density at radius 1 is 1.29 bits per heavy atom. The van der Waals surface area contributed by atoms with E-state index in [0.717, 1.165) is 11.3 Å². The number of likely N-dealkylation sites (N-methyl/N-ethyl adjacent to an activating group) is 1. The molecule has 5 heteroatoms. The smallest absolute Gasteiger partial charge is 0.325 e. The van der Waals surface area contributed by atoms with Gasteiger partial charge in [0.05, 0.1) is 12.7 Å². The van der Waals surface area contributed by atoms with Crippen LogP contribution < -0.4 is 4.74 Å². The lowest BCUT2D eigenvalue weighted by molar-refractivity contribution is -0.143. The van der Waals surface area contributed by atoms with E-state index in [0.29, 0.717) is 19.7 Å². The summed E-state index contributed by atoms with van der Waals surface area (Å²) in [7, 11) is 1.61. The first-order valence-corrected chi connectivity index (χ1v) is 7.22. The summed E-state index contributed by atoms with van der Waals surface area (Å²) >= 11 is 0. The van der Waals surface area contributed by atoms with Crippen molar-refractivity contribution in [2.24, 2.45) is 0 Å². The molecule has 0 aliphatic rings. The van der Waals surface area contributed by atoms with Crippen molar-refractivity contribution in [2.45, 2.75) is 32.9 Å². The Bertz CT molecular complexity index is 430. The summed E-state index contributed by atoms with van der Waals surface area (Å²) in [5.74, 6) is -0.108. The van der Waals surface area contributed by atoms with Crippen LogP contribution in [0.3, 0.4) is 0 Å². The summed E-state index contributed by atoms with van der Waals surface area (Å²) in [5.41, 5.74) is 0.747. The highest BCUT2D eigenvalue weighted by atomic mass is 16.5. The van der Waals surface area contributed by atoms with E-state index in [1.807, 2.05) is 49.9 Å². The maximum absolute atomic E-state index is 11.6. The second-order valence-corrected chi connectivity index (χ2v) is 5.10. The minimum Gasteiger partial charge on any atom is -0.491 e. The summed E-state index contributed by atoms with van der Waals surface area (Å²) in [5, 5.41) is 9.53. The summed E-state index contributed by atoms with van der Waals surface area (Å²) < 4.78 is 10.6. The molecular formula is C16H25NO4. The van der Waals surface area contributed by atoms with E-state index in [-0.39, 0.29) is 6.10 Å². The van der Waals surface area contributed by atoms with E-state index < -0.39 is 12.0 Å². The van der Waals surface area contributed by atoms with Gasteiger partial charge in [-0.3, -0.25) is 9.69 Å². The van der Waals surface area contributed by atoms with Crippen molar-refractivity contribution in [1.82, 2.24) is 4.90 Å². The van der Waals surface area contributed by atoms with E-state index in [1.54, 1.807) is 7.11 Å². The second kappa shape index (κ2) is 8.64. The number of hydrogen-bond donors (Lipinski definition) is 1. The number of carboxylic acids is 1. The number of hydrogen-bond acceptors (Lipinski definition) is 4. The summed E-state index contributed by atoms with van der Waals surface area (Å²) in [6.45, 7) is 7.59. The van der Waals surface area contributed by atoms with Crippen LogP contribution in [0.25, 0.3) is 0 Å². The fourth-order valence-electron chi connectivity index (χ4n) is 2.19. The zero-order valence-corrected chi connectivity index (χ0v) is 13.2. The molecule has 0 amide bonds. The van der Waals surface area contributed by atoms with E-state index in [4.69, 9.17) is 9.47 Å². The molecule has 0 spiro atoms. The molecule has 0 fully saturated rings. The van der Waals surface area contributed by atoms with Gasteiger partial charge in [-0.05, 0) is 38.1 Å². The molecule has 1 N–H and O–H groups in total. The number of carbonyl (C=O) groups is 1. The number of nitrogens with zero attached hydrogens (tertiary/aromatic N) is 1. The van der Waals surface area contributed by atoms with Crippen LogP contribution in [0.1, 0.15) is 32.4 Å². The van der Waals surface area contributed by atoms with Crippen molar-refractivity contribution < 1.29 is 19.4 Å². The molecule has 1 aromatic rings. The molecule has 0 saturated heterocycles. The molecule has 5 nitrogen and oxygen atoms in total. The zero-order valence-electron chi connectivity index (χ0n) is 13.2. The molecule has 0 saturated carbocycles. The number of rotatable bonds is 9. The van der Waals surface area contributed by atoms with E-state index >= 15 is 0 Å². The Balaban J connectivity index is 2.91. The van der Waals surface area contributed by atoms with Gasteiger partial charge in [0, 0.05) is 13.7 Å². The van der Waals surface area contributed by atoms with Gasteiger partial charge in [-0.15, -0.1) is 0 Å². The van der Waals surface area contributed by atoms with Gasteiger partial charge in [-0.2, -0.15) is 0 Å². The molecule has 0 radical (unpaired) electrons. The van der Waals surface area contributed by atoms with Crippen LogP contribution in [0.2, 0.25) is 0 Å². The molecule has 1 aromatic carbocycles. The average Bonchev–Trinajstić information content (AvgIpc) is 2.43. The molecule has 0 aromatic heterocycles. The Hall–Kier alpha value is -1.59. The molecule has 1 unspecified atom stereocenters. The largest absolute Gasteiger partial charge is 0.491 e. The molecule has 0 heterocycles. The van der Waals surface area contributed by atoms with Crippen molar-refractivity contribution in [3.63, 3.8) is 0 Å². The molecule has 118 valence electrons. The van der Waals surface area contributed by atoms with Gasteiger partial charge in [0.1, 0.15) is 11.8 Å². The van der Waals surface area contributed by atoms with E-state index in [9.17, 15) is 9.90 Å². The Morgan fingerprint density at radius 3 is 2.33 bits per heavy atom. The van der Waals surface area contributed by atoms with Crippen LogP contribution in [0, 0.1) is 0 Å². The maximum Gasteiger partial charge on any atom is 0.325 e. The standard InChI is InChI=1S/C16H25NO4/c1-5-17(10-11-20-4)15(16(18)19)13-6-8-14(9-7-13)21-12(2)3/h6-9,12,15H,5,10-11H2,1-4H3,(H,18,19). The fraction of sp³-hybridized carbons (Fsp3) is 0.562. The number of ether oxygens (including phenoxy) is 2. The molecule has 1 rings (SSSR count). The Kier molecular flexibility index (Phi) is 7.19. The van der Waals surface area contributed by atoms with E-state index in [1.165, 1.54) is 0 Å². The van der Waals surface area contributed by atoms with Gasteiger partial charge < -0.3 is 14.6 Å². The van der Waals surface area contributed by atoms with Gasteiger partial charge >= 0.3 is 5.97 Å². The lowest BCUT2D eigenvalue weighted by atomic mass is 10.1. The predicted molar refractivity (Wildman–Crippen MR) is 81.7 cm³/mol. The first kappa shape index (κ1) is 17.5. The summed E-state index contributed by atoms with van der Waals surface area (Å²) in [6, 6.07) is 6.58. The van der Waals surface area contributed by atoms with Crippen LogP contribution in [-0.4, -0.2) is 48.9 Å². The Labute approximate surface area is 126 Å². The van der Waals surface area contributed by atoms with E-state index in [2.05, 4.69) is 0 Å². The highest BCUT2D eigenvalue weighted by Crippen LogP contribution is 2.24. The lowest BCUT2D eigenvalue weighted by Gasteiger charge is -2.27. The zero-order chi connectivity index (χ0) is 15.8. The third-order valence-electron chi connectivity index (χ3n) is 3.16. The molecule has 0 aliphatic heterocycles. The highest BCUT2D eigenvalue weighted by molar-refractivity contribution is 5.75. The lowest BCUT2D eigenvalue weighted by Crippen LogP contribution is -2.36. The van der Waals surface area contributed by atoms with Crippen LogP contribution >= 0.6 is 0 Å². The third-order valence-corrected chi connectivity index (χ3v) is 3.16.